The van der Waals surface area contributed by atoms with Crippen molar-refractivity contribution in [2.45, 2.75) is 71.8 Å². The minimum Gasteiger partial charge on any atom is -0.386 e. The molecule has 5 nitrogen and oxygen atoms in total. The molecule has 2 aromatic rings. The van der Waals surface area contributed by atoms with E-state index < -0.39 is 15.4 Å². The molecular weight excluding hydrogens is 466 g/mol. The molecule has 0 spiro atoms. The number of carbonyl (C=O) groups is 1. The molecule has 0 radical (unpaired) electrons. The third-order valence-electron chi connectivity index (χ3n) is 6.72. The fraction of sp³-hybridized carbons (Fsp3) is 0.519. The summed E-state index contributed by atoms with van der Waals surface area (Å²) >= 11 is 1.49. The van der Waals surface area contributed by atoms with Gasteiger partial charge in [0.15, 0.2) is 0 Å². The lowest BCUT2D eigenvalue weighted by Gasteiger charge is -2.32. The molecule has 0 saturated carbocycles. The summed E-state index contributed by atoms with van der Waals surface area (Å²) < 4.78 is 22.8. The van der Waals surface area contributed by atoms with Crippen LogP contribution in [0.25, 0.3) is 6.08 Å². The summed E-state index contributed by atoms with van der Waals surface area (Å²) in [4.78, 5) is 14.5. The zero-order chi connectivity index (χ0) is 25.7. The summed E-state index contributed by atoms with van der Waals surface area (Å²) in [6.45, 7) is 12.2. The summed E-state index contributed by atoms with van der Waals surface area (Å²) in [5.41, 5.74) is 3.28. The molecule has 34 heavy (non-hydrogen) atoms. The van der Waals surface area contributed by atoms with Crippen LogP contribution < -0.4 is 5.32 Å². The number of sulfone groups is 1. The van der Waals surface area contributed by atoms with Crippen LogP contribution in [0, 0.1) is 13.8 Å². The first kappa shape index (κ1) is 28.3. The maximum Gasteiger partial charge on any atom is 0.261 e. The van der Waals surface area contributed by atoms with Crippen molar-refractivity contribution in [3.05, 3.63) is 62.3 Å². The van der Waals surface area contributed by atoms with E-state index in [0.717, 1.165) is 34.4 Å². The van der Waals surface area contributed by atoms with Crippen molar-refractivity contribution in [1.29, 1.82) is 0 Å². The number of benzene rings is 1. The van der Waals surface area contributed by atoms with Gasteiger partial charge in [-0.2, -0.15) is 0 Å². The van der Waals surface area contributed by atoms with E-state index in [-0.39, 0.29) is 23.6 Å². The van der Waals surface area contributed by atoms with Gasteiger partial charge >= 0.3 is 0 Å². The minimum absolute atomic E-state index is 0.0718. The third kappa shape index (κ3) is 6.80. The van der Waals surface area contributed by atoms with Gasteiger partial charge in [0.1, 0.15) is 9.84 Å². The molecular formula is C27H39NO4S2. The maximum atomic E-state index is 12.8. The Hall–Kier alpha value is -1.96. The zero-order valence-corrected chi connectivity index (χ0v) is 23.1. The van der Waals surface area contributed by atoms with Crippen LogP contribution in [0.3, 0.4) is 0 Å². The number of aryl methyl sites for hydroxylation is 2. The number of aliphatic hydroxyl groups is 1. The predicted octanol–water partition coefficient (Wildman–Crippen LogP) is 5.42. The normalized spacial score (nSPS) is 14.4. The second kappa shape index (κ2) is 11.2. The van der Waals surface area contributed by atoms with Crippen molar-refractivity contribution in [2.75, 3.05) is 18.6 Å². The Kier molecular flexibility index (Phi) is 9.30. The van der Waals surface area contributed by atoms with Gasteiger partial charge in [-0.1, -0.05) is 51.1 Å². The summed E-state index contributed by atoms with van der Waals surface area (Å²) in [6.07, 6.45) is 7.42. The van der Waals surface area contributed by atoms with Crippen LogP contribution in [0.1, 0.15) is 83.8 Å². The lowest BCUT2D eigenvalue weighted by atomic mass is 9.74. The van der Waals surface area contributed by atoms with E-state index in [0.29, 0.717) is 11.3 Å². The van der Waals surface area contributed by atoms with Crippen LogP contribution in [0.2, 0.25) is 0 Å². The molecule has 0 bridgehead atoms. The van der Waals surface area contributed by atoms with Crippen molar-refractivity contribution in [3.8, 4) is 0 Å². The fourth-order valence-electron chi connectivity index (χ4n) is 4.07. The number of hydrogen-bond donors (Lipinski definition) is 2. The summed E-state index contributed by atoms with van der Waals surface area (Å²) in [6, 6.07) is 8.58. The smallest absolute Gasteiger partial charge is 0.261 e. The Morgan fingerprint density at radius 3 is 2.26 bits per heavy atom. The molecule has 7 heteroatoms. The van der Waals surface area contributed by atoms with Crippen molar-refractivity contribution in [3.63, 3.8) is 0 Å². The van der Waals surface area contributed by atoms with E-state index in [4.69, 9.17) is 0 Å². The van der Waals surface area contributed by atoms with Crippen LogP contribution >= 0.6 is 11.3 Å². The maximum absolute atomic E-state index is 12.8. The van der Waals surface area contributed by atoms with E-state index >= 15 is 0 Å². The lowest BCUT2D eigenvalue weighted by Crippen LogP contribution is -2.28. The van der Waals surface area contributed by atoms with Gasteiger partial charge in [-0.3, -0.25) is 4.79 Å². The van der Waals surface area contributed by atoms with E-state index in [2.05, 4.69) is 50.4 Å². The average molecular weight is 506 g/mol. The number of hydrogen-bond acceptors (Lipinski definition) is 5. The van der Waals surface area contributed by atoms with Gasteiger partial charge in [0.05, 0.1) is 16.2 Å². The molecule has 188 valence electrons. The van der Waals surface area contributed by atoms with Crippen molar-refractivity contribution < 1.29 is 18.3 Å². The number of rotatable bonds is 11. The van der Waals surface area contributed by atoms with Gasteiger partial charge in [-0.05, 0) is 68.4 Å². The molecule has 2 N–H and O–H groups in total. The lowest BCUT2D eigenvalue weighted by molar-refractivity contribution is 0.0959. The number of thiophene rings is 1. The average Bonchev–Trinajstić information content (AvgIpc) is 3.15. The summed E-state index contributed by atoms with van der Waals surface area (Å²) in [7, 11) is -3.13. The second-order valence-electron chi connectivity index (χ2n) is 9.41. The molecule has 1 aromatic carbocycles. The number of carbonyl (C=O) groups excluding carboxylic acids is 1. The molecule has 0 fully saturated rings. The first-order chi connectivity index (χ1) is 15.8. The highest BCUT2D eigenvalue weighted by Gasteiger charge is 2.34. The van der Waals surface area contributed by atoms with Crippen LogP contribution in [-0.4, -0.2) is 43.6 Å². The molecule has 1 unspecified atom stereocenters. The highest BCUT2D eigenvalue weighted by molar-refractivity contribution is 7.90. The highest BCUT2D eigenvalue weighted by atomic mass is 32.2. The Morgan fingerprint density at radius 2 is 1.74 bits per heavy atom. The van der Waals surface area contributed by atoms with Gasteiger partial charge in [0.2, 0.25) is 0 Å². The van der Waals surface area contributed by atoms with Gasteiger partial charge < -0.3 is 10.4 Å². The minimum atomic E-state index is -3.13. The van der Waals surface area contributed by atoms with Crippen LogP contribution in [0.15, 0.2) is 30.3 Å². The molecule has 1 amide bonds. The second-order valence-corrected chi connectivity index (χ2v) is 12.7. The monoisotopic (exact) mass is 505 g/mol. The molecule has 1 aromatic heterocycles. The van der Waals surface area contributed by atoms with Crippen LogP contribution in [-0.2, 0) is 15.3 Å². The molecule has 0 aliphatic rings. The van der Waals surface area contributed by atoms with Crippen molar-refractivity contribution in [1.82, 2.24) is 5.32 Å². The van der Waals surface area contributed by atoms with E-state index in [1.807, 2.05) is 26.0 Å². The molecule has 1 heterocycles. The Labute approximate surface area is 209 Å². The van der Waals surface area contributed by atoms with E-state index in [1.54, 1.807) is 6.92 Å². The third-order valence-corrected chi connectivity index (χ3v) is 9.11. The van der Waals surface area contributed by atoms with Gasteiger partial charge in [-0.15, -0.1) is 11.3 Å². The molecule has 0 aliphatic heterocycles. The zero-order valence-electron chi connectivity index (χ0n) is 21.5. The predicted molar refractivity (Wildman–Crippen MR) is 144 cm³/mol. The fourth-order valence-corrected chi connectivity index (χ4v) is 5.99. The van der Waals surface area contributed by atoms with Gasteiger partial charge in [0.25, 0.3) is 5.91 Å². The SMILES string of the molecule is CCC(C)(O)/C=C/c1ccc(C(CC)(CC)c2cc(C)c(C(=O)NCCS(C)(=O)=O)s2)cc1C. The van der Waals surface area contributed by atoms with E-state index in [9.17, 15) is 18.3 Å². The first-order valence-electron chi connectivity index (χ1n) is 11.9. The van der Waals surface area contributed by atoms with Crippen LogP contribution in [0.5, 0.6) is 0 Å². The molecule has 0 saturated heterocycles. The highest BCUT2D eigenvalue weighted by Crippen LogP contribution is 2.43. The largest absolute Gasteiger partial charge is 0.386 e. The topological polar surface area (TPSA) is 83.5 Å². The van der Waals surface area contributed by atoms with Crippen molar-refractivity contribution >= 4 is 33.2 Å². The number of amides is 1. The van der Waals surface area contributed by atoms with Gasteiger partial charge in [-0.25, -0.2) is 8.42 Å². The first-order valence-corrected chi connectivity index (χ1v) is 14.8. The molecule has 2 rings (SSSR count). The Balaban J connectivity index is 2.39. The van der Waals surface area contributed by atoms with Gasteiger partial charge in [0, 0.05) is 23.1 Å². The number of nitrogens with one attached hydrogen (secondary N) is 1. The summed E-state index contributed by atoms with van der Waals surface area (Å²) in [5.74, 6) is -0.296. The molecule has 0 aliphatic carbocycles. The quantitative estimate of drug-likeness (QED) is 0.427. The molecule has 1 atom stereocenters. The summed E-state index contributed by atoms with van der Waals surface area (Å²) in [5, 5.41) is 13.1. The van der Waals surface area contributed by atoms with E-state index in [1.165, 1.54) is 23.2 Å². The Bertz CT molecular complexity index is 1140. The van der Waals surface area contributed by atoms with Crippen molar-refractivity contribution in [2.24, 2.45) is 0 Å². The standard InChI is InChI=1S/C27H39NO4S2/c1-8-26(6,30)14-13-21-11-12-22(17-19(21)4)27(9-2,10-3)23-18-20(5)24(33-23)25(29)28-15-16-34(7,31)32/h11-14,17-18,30H,8-10,15-16H2,1-7H3,(H,28,29)/b14-13+. The van der Waals surface area contributed by atoms with Crippen LogP contribution in [0.4, 0.5) is 0 Å². The Morgan fingerprint density at radius 1 is 1.09 bits per heavy atom.